The van der Waals surface area contributed by atoms with E-state index in [0.29, 0.717) is 0 Å². The molecule has 0 N–H and O–H groups in total. The molecule has 0 aromatic carbocycles. The molecule has 0 spiro atoms. The fraction of sp³-hybridized carbons (Fsp3) is 0. The Morgan fingerprint density at radius 3 is 0.333 bits per heavy atom. The zero-order valence-electron chi connectivity index (χ0n) is 6.14. The van der Waals surface area contributed by atoms with E-state index in [1.807, 2.05) is 0 Å². The summed E-state index contributed by atoms with van der Waals surface area (Å²) < 4.78 is 119. The third-order valence-corrected chi connectivity index (χ3v) is 0. The SMILES string of the molecule is F[As-](F)(F)(F)(F)F.F[As-](F)(F)(F)(F)F.[Zn+2]. The third kappa shape index (κ3) is 3060. The van der Waals surface area contributed by atoms with Gasteiger partial charge in [-0.15, -0.1) is 0 Å². The van der Waals surface area contributed by atoms with Gasteiger partial charge in [0.05, 0.1) is 0 Å². The van der Waals surface area contributed by atoms with E-state index in [-0.39, 0.29) is 19.5 Å². The van der Waals surface area contributed by atoms with E-state index in [1.54, 1.807) is 0 Å². The Balaban J connectivity index is -0.000000180. The van der Waals surface area contributed by atoms with E-state index in [1.165, 1.54) is 0 Å². The minimum atomic E-state index is -11.1. The summed E-state index contributed by atoms with van der Waals surface area (Å²) in [5.41, 5.74) is 0. The van der Waals surface area contributed by atoms with Gasteiger partial charge < -0.3 is 0 Å². The summed E-state index contributed by atoms with van der Waals surface area (Å²) in [6.07, 6.45) is 0. The minimum absolute atomic E-state index is 0. The molecule has 0 saturated heterocycles. The molecule has 0 aromatic heterocycles. The van der Waals surface area contributed by atoms with E-state index in [4.69, 9.17) is 0 Å². The summed E-state index contributed by atoms with van der Waals surface area (Å²) in [6.45, 7) is 0. The molecule has 0 aliphatic heterocycles. The van der Waals surface area contributed by atoms with Crippen LogP contribution in [-0.2, 0) is 19.5 Å². The van der Waals surface area contributed by atoms with Crippen LogP contribution in [0.15, 0.2) is 0 Å². The second kappa shape index (κ2) is 3.02. The molecule has 15 heteroatoms. The molecule has 0 amide bonds. The molecular weight excluding hydrogens is 443 g/mol. The Morgan fingerprint density at radius 1 is 0.333 bits per heavy atom. The molecule has 0 bridgehead atoms. The first-order valence-electron chi connectivity index (χ1n) is 2.03. The summed E-state index contributed by atoms with van der Waals surface area (Å²) in [5, 5.41) is 0. The van der Waals surface area contributed by atoms with Crippen molar-refractivity contribution in [3.8, 4) is 0 Å². The van der Waals surface area contributed by atoms with E-state index in [9.17, 15) is 41.6 Å². The van der Waals surface area contributed by atoms with E-state index < -0.39 is 28.3 Å². The second-order valence-corrected chi connectivity index (χ2v) is 9.96. The molecule has 0 nitrogen and oxygen atoms in total. The van der Waals surface area contributed by atoms with Gasteiger partial charge in [0.25, 0.3) is 0 Å². The molecular formula is As2F12Zn. The third-order valence-electron chi connectivity index (χ3n) is 0. The normalized spacial score (nSPS) is 21.6. The number of rotatable bonds is 0. The van der Waals surface area contributed by atoms with Crippen molar-refractivity contribution in [2.45, 2.75) is 0 Å². The average molecular weight is 443 g/mol. The molecule has 0 rings (SSSR count). The fourth-order valence-corrected chi connectivity index (χ4v) is 0. The van der Waals surface area contributed by atoms with Crippen LogP contribution in [0.4, 0.5) is 41.6 Å². The maximum absolute atomic E-state index is 11.1. The first-order valence-corrected chi connectivity index (χ1v) is 10.5. The van der Waals surface area contributed by atoms with Crippen molar-refractivity contribution < 1.29 is 61.1 Å². The van der Waals surface area contributed by atoms with E-state index in [2.05, 4.69) is 0 Å². The molecule has 0 fully saturated rings. The van der Waals surface area contributed by atoms with Crippen LogP contribution in [0.1, 0.15) is 0 Å². The number of hydrogen-bond acceptors (Lipinski definition) is 0. The van der Waals surface area contributed by atoms with E-state index in [0.717, 1.165) is 0 Å². The van der Waals surface area contributed by atoms with Gasteiger partial charge in [-0.25, -0.2) is 0 Å². The molecule has 0 unspecified atom stereocenters. The molecule has 15 heavy (non-hydrogen) atoms. The van der Waals surface area contributed by atoms with Gasteiger partial charge in [-0.05, 0) is 0 Å². The number of hydrogen-bond donors (Lipinski definition) is 0. The van der Waals surface area contributed by atoms with Crippen molar-refractivity contribution in [2.24, 2.45) is 0 Å². The average Bonchev–Trinajstić information content (AvgIpc) is 0.938. The van der Waals surface area contributed by atoms with Crippen LogP contribution in [0.3, 0.4) is 0 Å². The predicted molar refractivity (Wildman–Crippen MR) is 24.8 cm³/mol. The number of halogens is 12. The Labute approximate surface area is 89.5 Å². The van der Waals surface area contributed by atoms with Crippen molar-refractivity contribution in [1.29, 1.82) is 0 Å². The zero-order valence-corrected chi connectivity index (χ0v) is 12.9. The monoisotopic (exact) mass is 442 g/mol. The Hall–Kier alpha value is 0.900. The smallest absolute Gasteiger partial charge is 2.00 e. The topological polar surface area (TPSA) is 0 Å². The molecule has 0 radical (unpaired) electrons. The minimum Gasteiger partial charge on any atom is 2.00 e. The summed E-state index contributed by atoms with van der Waals surface area (Å²) in [7, 11) is 0. The molecule has 0 aliphatic carbocycles. The summed E-state index contributed by atoms with van der Waals surface area (Å²) in [5.74, 6) is 0. The standard InChI is InChI=1S/2AsF6.Zn/c2*2-1(3,4,5,6)7;/q2*-1;+2. The van der Waals surface area contributed by atoms with Crippen LogP contribution in [0.25, 0.3) is 0 Å². The fourth-order valence-electron chi connectivity index (χ4n) is 0. The molecule has 0 saturated carbocycles. The van der Waals surface area contributed by atoms with Gasteiger partial charge in [-0.1, -0.05) is 0 Å². The van der Waals surface area contributed by atoms with Crippen LogP contribution < -0.4 is 0 Å². The van der Waals surface area contributed by atoms with Gasteiger partial charge >= 0.3 is 89.4 Å². The van der Waals surface area contributed by atoms with Crippen molar-refractivity contribution in [2.75, 3.05) is 0 Å². The zero-order chi connectivity index (χ0) is 12.8. The van der Waals surface area contributed by atoms with Gasteiger partial charge in [0.15, 0.2) is 0 Å². The van der Waals surface area contributed by atoms with Gasteiger partial charge in [-0.3, -0.25) is 0 Å². The van der Waals surface area contributed by atoms with Crippen molar-refractivity contribution >= 4 is 28.3 Å². The van der Waals surface area contributed by atoms with Crippen molar-refractivity contribution in [3.05, 3.63) is 0 Å². The van der Waals surface area contributed by atoms with Crippen LogP contribution in [0.5, 0.6) is 0 Å². The Morgan fingerprint density at radius 2 is 0.333 bits per heavy atom. The molecule has 0 aromatic rings. The van der Waals surface area contributed by atoms with Crippen molar-refractivity contribution in [3.63, 3.8) is 0 Å². The maximum atomic E-state index is 9.91. The molecule has 0 atom stereocenters. The first kappa shape index (κ1) is 21.2. The first-order chi connectivity index (χ1) is 4.90. The van der Waals surface area contributed by atoms with Crippen LogP contribution in [0, 0.1) is 0 Å². The quantitative estimate of drug-likeness (QED) is 0.388. The largest absolute Gasteiger partial charge is 2.00 e. The molecule has 0 aliphatic rings. The summed E-state index contributed by atoms with van der Waals surface area (Å²) in [4.78, 5) is 0. The molecule has 0 heterocycles. The predicted octanol–water partition coefficient (Wildman–Crippen LogP) is 4.28. The van der Waals surface area contributed by atoms with Crippen LogP contribution in [0.2, 0.25) is 0 Å². The van der Waals surface area contributed by atoms with Crippen molar-refractivity contribution in [1.82, 2.24) is 0 Å². The van der Waals surface area contributed by atoms with Gasteiger partial charge in [0.1, 0.15) is 0 Å². The van der Waals surface area contributed by atoms with Crippen LogP contribution >= 0.6 is 0 Å². The van der Waals surface area contributed by atoms with Crippen LogP contribution in [-0.4, -0.2) is 28.3 Å². The Kier molecular flexibility index (Phi) is 4.26. The maximum Gasteiger partial charge on any atom is 2.00 e. The van der Waals surface area contributed by atoms with E-state index >= 15 is 0 Å². The molecule has 96 valence electrons. The second-order valence-electron chi connectivity index (χ2n) is 1.92. The van der Waals surface area contributed by atoms with Gasteiger partial charge in [0, 0.05) is 0 Å². The van der Waals surface area contributed by atoms with Gasteiger partial charge in [-0.2, -0.15) is 0 Å². The van der Waals surface area contributed by atoms with Gasteiger partial charge in [0.2, 0.25) is 0 Å². The Bertz CT molecular complexity index is 161. The summed E-state index contributed by atoms with van der Waals surface area (Å²) >= 11 is -22.1. The summed E-state index contributed by atoms with van der Waals surface area (Å²) in [6, 6.07) is 0.